The molecule has 0 spiro atoms. The summed E-state index contributed by atoms with van der Waals surface area (Å²) >= 11 is 12.5. The highest BCUT2D eigenvalue weighted by molar-refractivity contribution is 6.39. The fraction of sp³-hybridized carbons (Fsp3) is 0.130. The normalized spacial score (nSPS) is 13.5. The van der Waals surface area contributed by atoms with Crippen LogP contribution in [0.4, 0.5) is 10.2 Å². The quantitative estimate of drug-likeness (QED) is 0.327. The van der Waals surface area contributed by atoms with Gasteiger partial charge in [-0.1, -0.05) is 48.8 Å². The Morgan fingerprint density at radius 1 is 1.33 bits per heavy atom. The Balaban J connectivity index is 1.97. The number of imidazole rings is 1. The molecule has 0 fully saturated rings. The van der Waals surface area contributed by atoms with Gasteiger partial charge in [-0.3, -0.25) is 9.36 Å². The van der Waals surface area contributed by atoms with Crippen molar-refractivity contribution in [1.82, 2.24) is 24.5 Å². The van der Waals surface area contributed by atoms with Crippen LogP contribution in [0.1, 0.15) is 25.1 Å². The maximum atomic E-state index is 14.0. The smallest absolute Gasteiger partial charge is 0.263 e. The van der Waals surface area contributed by atoms with Gasteiger partial charge in [-0.15, -0.1) is 0 Å². The zero-order chi connectivity index (χ0) is 23.5. The van der Waals surface area contributed by atoms with Crippen LogP contribution in [0.2, 0.25) is 0 Å². The number of benzene rings is 1. The summed E-state index contributed by atoms with van der Waals surface area (Å²) in [6.45, 7) is 5.60. The van der Waals surface area contributed by atoms with Gasteiger partial charge in [-0.25, -0.2) is 19.3 Å². The topological polar surface area (TPSA) is 88.5 Å². The number of rotatable bonds is 7. The number of H-pyrrole nitrogens is 1. The van der Waals surface area contributed by atoms with E-state index in [9.17, 15) is 9.18 Å². The van der Waals surface area contributed by atoms with Crippen LogP contribution < -0.4 is 10.9 Å². The second kappa shape index (κ2) is 9.56. The SMILES string of the molecule is C=CC=C(Cl)C(=CCl)n1c(C(CC)Nc2ncnc3nc[nH]c23)cc2ccc(F)cc2c1=O. The minimum absolute atomic E-state index is 0.200. The van der Waals surface area contributed by atoms with Crippen LogP contribution in [0, 0.1) is 5.82 Å². The van der Waals surface area contributed by atoms with Crippen molar-refractivity contribution in [3.05, 3.63) is 88.1 Å². The minimum Gasteiger partial charge on any atom is -0.360 e. The molecule has 7 nitrogen and oxygen atoms in total. The monoisotopic (exact) mass is 484 g/mol. The molecular formula is C23H19Cl2FN6O. The van der Waals surface area contributed by atoms with E-state index in [1.165, 1.54) is 47.0 Å². The number of nitrogens with zero attached hydrogens (tertiary/aromatic N) is 4. The summed E-state index contributed by atoms with van der Waals surface area (Å²) in [4.78, 5) is 29.2. The molecule has 1 atom stereocenters. The molecule has 10 heteroatoms. The van der Waals surface area contributed by atoms with Crippen molar-refractivity contribution in [3.63, 3.8) is 0 Å². The molecule has 3 heterocycles. The van der Waals surface area contributed by atoms with E-state index in [1.807, 2.05) is 6.92 Å². The molecule has 0 amide bonds. The van der Waals surface area contributed by atoms with Gasteiger partial charge >= 0.3 is 0 Å². The summed E-state index contributed by atoms with van der Waals surface area (Å²) in [7, 11) is 0. The highest BCUT2D eigenvalue weighted by atomic mass is 35.5. The third kappa shape index (κ3) is 4.27. The van der Waals surface area contributed by atoms with E-state index in [0.717, 1.165) is 0 Å². The number of nitrogens with one attached hydrogen (secondary N) is 2. The molecule has 0 aliphatic heterocycles. The number of aromatic amines is 1. The first-order chi connectivity index (χ1) is 16.0. The second-order valence-electron chi connectivity index (χ2n) is 7.11. The van der Waals surface area contributed by atoms with Crippen molar-refractivity contribution in [2.45, 2.75) is 19.4 Å². The molecule has 4 aromatic rings. The van der Waals surface area contributed by atoms with Crippen LogP contribution in [-0.2, 0) is 0 Å². The average Bonchev–Trinajstić information content (AvgIpc) is 3.30. The number of allylic oxidation sites excluding steroid dienone is 4. The van der Waals surface area contributed by atoms with E-state index in [-0.39, 0.29) is 16.1 Å². The van der Waals surface area contributed by atoms with Gasteiger partial charge < -0.3 is 10.3 Å². The number of hydrogen-bond acceptors (Lipinski definition) is 5. The van der Waals surface area contributed by atoms with E-state index in [0.29, 0.717) is 34.5 Å². The van der Waals surface area contributed by atoms with Gasteiger partial charge in [0.05, 0.1) is 28.5 Å². The standard InChI is InChI=1S/C23H19Cl2FN6O/c1-3-5-16(25)19(10-24)32-18(8-13-6-7-14(26)9-15(13)23(32)33)17(4-2)31-22-20-21(28-11-27-20)29-12-30-22/h3,5-12,17H,1,4H2,2H3,(H2,27,28,29,30,31). The molecule has 0 aliphatic carbocycles. The molecule has 3 aromatic heterocycles. The Labute approximate surface area is 198 Å². The molecule has 0 saturated heterocycles. The molecule has 0 saturated carbocycles. The lowest BCUT2D eigenvalue weighted by Gasteiger charge is -2.24. The Kier molecular flexibility index (Phi) is 6.57. The lowest BCUT2D eigenvalue weighted by atomic mass is 10.0. The number of hydrogen-bond donors (Lipinski definition) is 2. The van der Waals surface area contributed by atoms with Crippen LogP contribution >= 0.6 is 23.2 Å². The third-order valence-corrected chi connectivity index (χ3v) is 5.69. The molecule has 0 radical (unpaired) electrons. The maximum Gasteiger partial charge on any atom is 0.263 e. The van der Waals surface area contributed by atoms with Gasteiger partial charge in [0.25, 0.3) is 5.56 Å². The fourth-order valence-electron chi connectivity index (χ4n) is 3.63. The molecular weight excluding hydrogens is 466 g/mol. The van der Waals surface area contributed by atoms with Gasteiger partial charge in [-0.2, -0.15) is 0 Å². The Morgan fingerprint density at radius 3 is 2.88 bits per heavy atom. The fourth-order valence-corrected chi connectivity index (χ4v) is 4.13. The van der Waals surface area contributed by atoms with Crippen LogP contribution in [0.15, 0.2) is 71.0 Å². The van der Waals surface area contributed by atoms with Crippen molar-refractivity contribution < 1.29 is 4.39 Å². The predicted molar refractivity (Wildman–Crippen MR) is 131 cm³/mol. The molecule has 1 aromatic carbocycles. The zero-order valence-corrected chi connectivity index (χ0v) is 19.0. The number of fused-ring (bicyclic) bond motifs is 2. The summed E-state index contributed by atoms with van der Waals surface area (Å²) in [6.07, 6.45) is 6.51. The van der Waals surface area contributed by atoms with Gasteiger partial charge in [-0.05, 0) is 36.1 Å². The molecule has 4 rings (SSSR count). The number of aromatic nitrogens is 5. The highest BCUT2D eigenvalue weighted by Gasteiger charge is 2.22. The number of anilines is 1. The zero-order valence-electron chi connectivity index (χ0n) is 17.5. The minimum atomic E-state index is -0.518. The van der Waals surface area contributed by atoms with E-state index in [4.69, 9.17) is 23.2 Å². The Hall–Kier alpha value is -3.49. The summed E-state index contributed by atoms with van der Waals surface area (Å²) < 4.78 is 15.3. The predicted octanol–water partition coefficient (Wildman–Crippen LogP) is 5.72. The summed E-state index contributed by atoms with van der Waals surface area (Å²) in [6, 6.07) is 5.48. The van der Waals surface area contributed by atoms with E-state index < -0.39 is 17.4 Å². The number of halogens is 3. The summed E-state index contributed by atoms with van der Waals surface area (Å²) in [5.41, 5.74) is 2.69. The molecule has 0 aliphatic rings. The first-order valence-electron chi connectivity index (χ1n) is 10.0. The van der Waals surface area contributed by atoms with Crippen molar-refractivity contribution in [2.75, 3.05) is 5.32 Å². The molecule has 2 N–H and O–H groups in total. The van der Waals surface area contributed by atoms with Crippen LogP contribution in [0.5, 0.6) is 0 Å². The van der Waals surface area contributed by atoms with Gasteiger partial charge in [0.2, 0.25) is 0 Å². The van der Waals surface area contributed by atoms with Crippen LogP contribution in [-0.4, -0.2) is 24.5 Å². The van der Waals surface area contributed by atoms with Crippen LogP contribution in [0.3, 0.4) is 0 Å². The number of pyridine rings is 1. The molecule has 1 unspecified atom stereocenters. The first kappa shape index (κ1) is 22.7. The van der Waals surface area contributed by atoms with Crippen LogP contribution in [0.25, 0.3) is 27.6 Å². The maximum absolute atomic E-state index is 14.0. The third-order valence-electron chi connectivity index (χ3n) is 5.16. The van der Waals surface area contributed by atoms with Crippen molar-refractivity contribution in [2.24, 2.45) is 0 Å². The Morgan fingerprint density at radius 2 is 2.15 bits per heavy atom. The van der Waals surface area contributed by atoms with Crippen molar-refractivity contribution in [3.8, 4) is 0 Å². The summed E-state index contributed by atoms with van der Waals surface area (Å²) in [5.74, 6) is 0.00232. The van der Waals surface area contributed by atoms with E-state index >= 15 is 0 Å². The van der Waals surface area contributed by atoms with Gasteiger partial charge in [0.15, 0.2) is 11.5 Å². The molecule has 0 bridgehead atoms. The van der Waals surface area contributed by atoms with Gasteiger partial charge in [0, 0.05) is 11.2 Å². The lowest BCUT2D eigenvalue weighted by molar-refractivity contribution is 0.629. The summed E-state index contributed by atoms with van der Waals surface area (Å²) in [5, 5.41) is 4.34. The van der Waals surface area contributed by atoms with Crippen molar-refractivity contribution >= 4 is 56.7 Å². The van der Waals surface area contributed by atoms with Crippen molar-refractivity contribution in [1.29, 1.82) is 0 Å². The largest absolute Gasteiger partial charge is 0.360 e. The highest BCUT2D eigenvalue weighted by Crippen LogP contribution is 2.30. The molecule has 33 heavy (non-hydrogen) atoms. The first-order valence-corrected chi connectivity index (χ1v) is 10.8. The second-order valence-corrected chi connectivity index (χ2v) is 7.74. The van der Waals surface area contributed by atoms with E-state index in [2.05, 4.69) is 31.8 Å². The molecule has 168 valence electrons. The average molecular weight is 485 g/mol. The Bertz CT molecular complexity index is 1470. The van der Waals surface area contributed by atoms with Gasteiger partial charge in [0.1, 0.15) is 17.7 Å². The van der Waals surface area contributed by atoms with E-state index in [1.54, 1.807) is 12.1 Å². The lowest BCUT2D eigenvalue weighted by Crippen LogP contribution is -2.27.